The van der Waals surface area contributed by atoms with Crippen molar-refractivity contribution in [1.29, 1.82) is 0 Å². The standard InChI is InChI=1S/C21H24N4OS/c1-14-10-16(20-8-7-19(27-20)15-5-6-15)11-22-21(14)18-13-25(24-23-18)12-17-4-2-3-9-26-17/h7-8,10-11,13,15,17H,2-6,9,12H2,1H3. The second kappa shape index (κ2) is 7.17. The molecule has 0 amide bonds. The van der Waals surface area contributed by atoms with E-state index in [0.29, 0.717) is 0 Å². The molecule has 4 heterocycles. The third kappa shape index (κ3) is 3.69. The van der Waals surface area contributed by atoms with E-state index in [0.717, 1.165) is 42.4 Å². The van der Waals surface area contributed by atoms with Crippen molar-refractivity contribution < 1.29 is 4.74 Å². The Morgan fingerprint density at radius 1 is 1.22 bits per heavy atom. The van der Waals surface area contributed by atoms with Gasteiger partial charge >= 0.3 is 0 Å². The largest absolute Gasteiger partial charge is 0.376 e. The summed E-state index contributed by atoms with van der Waals surface area (Å²) in [5, 5.41) is 8.64. The summed E-state index contributed by atoms with van der Waals surface area (Å²) in [7, 11) is 0. The van der Waals surface area contributed by atoms with Crippen molar-refractivity contribution in [3.8, 4) is 21.8 Å². The van der Waals surface area contributed by atoms with E-state index in [1.54, 1.807) is 0 Å². The molecule has 3 aromatic heterocycles. The quantitative estimate of drug-likeness (QED) is 0.636. The fourth-order valence-electron chi connectivity index (χ4n) is 3.73. The molecule has 0 bridgehead atoms. The summed E-state index contributed by atoms with van der Waals surface area (Å²) in [5.41, 5.74) is 4.07. The number of ether oxygens (including phenoxy) is 1. The zero-order valence-corrected chi connectivity index (χ0v) is 16.4. The Kier molecular flexibility index (Phi) is 4.53. The van der Waals surface area contributed by atoms with Gasteiger partial charge in [-0.15, -0.1) is 16.4 Å². The number of aryl methyl sites for hydroxylation is 1. The van der Waals surface area contributed by atoms with Gasteiger partial charge in [0.25, 0.3) is 0 Å². The van der Waals surface area contributed by atoms with Crippen LogP contribution in [0.5, 0.6) is 0 Å². The monoisotopic (exact) mass is 380 g/mol. The molecule has 1 saturated heterocycles. The Balaban J connectivity index is 1.34. The molecule has 27 heavy (non-hydrogen) atoms. The molecule has 1 unspecified atom stereocenters. The van der Waals surface area contributed by atoms with Gasteiger partial charge in [0, 0.05) is 28.1 Å². The van der Waals surface area contributed by atoms with Crippen LogP contribution in [0.3, 0.4) is 0 Å². The summed E-state index contributed by atoms with van der Waals surface area (Å²) in [6.07, 6.45) is 10.4. The zero-order valence-electron chi connectivity index (χ0n) is 15.6. The first kappa shape index (κ1) is 17.1. The third-order valence-corrected chi connectivity index (χ3v) is 6.71. The second-order valence-electron chi connectivity index (χ2n) is 7.68. The normalized spacial score (nSPS) is 20.1. The summed E-state index contributed by atoms with van der Waals surface area (Å²) >= 11 is 1.90. The summed E-state index contributed by atoms with van der Waals surface area (Å²) in [6, 6.07) is 6.73. The summed E-state index contributed by atoms with van der Waals surface area (Å²) in [6.45, 7) is 3.73. The van der Waals surface area contributed by atoms with Crippen LogP contribution in [0.1, 0.15) is 48.5 Å². The molecule has 1 aliphatic carbocycles. The highest BCUT2D eigenvalue weighted by atomic mass is 32.1. The molecule has 1 saturated carbocycles. The van der Waals surface area contributed by atoms with Crippen LogP contribution in [0.25, 0.3) is 21.8 Å². The lowest BCUT2D eigenvalue weighted by molar-refractivity contribution is 0.00370. The lowest BCUT2D eigenvalue weighted by Gasteiger charge is -2.21. The van der Waals surface area contributed by atoms with Crippen LogP contribution < -0.4 is 0 Å². The molecule has 5 nitrogen and oxygen atoms in total. The smallest absolute Gasteiger partial charge is 0.131 e. The maximum Gasteiger partial charge on any atom is 0.131 e. The van der Waals surface area contributed by atoms with E-state index < -0.39 is 0 Å². The highest BCUT2D eigenvalue weighted by Crippen LogP contribution is 2.45. The van der Waals surface area contributed by atoms with Gasteiger partial charge in [-0.05, 0) is 68.7 Å². The molecule has 2 aliphatic rings. The highest BCUT2D eigenvalue weighted by Gasteiger charge is 2.25. The van der Waals surface area contributed by atoms with E-state index in [2.05, 4.69) is 35.4 Å². The van der Waals surface area contributed by atoms with Crippen LogP contribution in [0, 0.1) is 6.92 Å². The Hall–Kier alpha value is -2.05. The fourth-order valence-corrected chi connectivity index (χ4v) is 4.89. The number of hydrogen-bond donors (Lipinski definition) is 0. The van der Waals surface area contributed by atoms with Crippen molar-refractivity contribution in [3.63, 3.8) is 0 Å². The molecule has 3 aromatic rings. The number of thiophene rings is 1. The number of pyridine rings is 1. The van der Waals surface area contributed by atoms with E-state index in [9.17, 15) is 0 Å². The van der Waals surface area contributed by atoms with Gasteiger partial charge in [0.2, 0.25) is 0 Å². The summed E-state index contributed by atoms with van der Waals surface area (Å²) < 4.78 is 7.70. The first-order valence-corrected chi connectivity index (χ1v) is 10.7. The SMILES string of the molecule is Cc1cc(-c2ccc(C3CC3)s2)cnc1-c1cn(CC2CCCCO2)nn1. The van der Waals surface area contributed by atoms with Gasteiger partial charge in [0.1, 0.15) is 5.69 Å². The van der Waals surface area contributed by atoms with Crippen molar-refractivity contribution in [3.05, 3.63) is 41.0 Å². The van der Waals surface area contributed by atoms with Crippen LogP contribution in [0.4, 0.5) is 0 Å². The minimum atomic E-state index is 0.254. The fraction of sp³-hybridized carbons (Fsp3) is 0.476. The van der Waals surface area contributed by atoms with Gasteiger partial charge in [-0.1, -0.05) is 5.21 Å². The predicted molar refractivity (Wildman–Crippen MR) is 107 cm³/mol. The number of hydrogen-bond acceptors (Lipinski definition) is 5. The Morgan fingerprint density at radius 2 is 2.15 bits per heavy atom. The topological polar surface area (TPSA) is 52.8 Å². The Morgan fingerprint density at radius 3 is 2.93 bits per heavy atom. The van der Waals surface area contributed by atoms with Gasteiger partial charge < -0.3 is 4.74 Å². The van der Waals surface area contributed by atoms with Crippen molar-refractivity contribution in [2.75, 3.05) is 6.61 Å². The molecule has 1 atom stereocenters. The van der Waals surface area contributed by atoms with E-state index in [1.807, 2.05) is 28.4 Å². The lowest BCUT2D eigenvalue weighted by Crippen LogP contribution is -2.24. The molecule has 0 aromatic carbocycles. The highest BCUT2D eigenvalue weighted by molar-refractivity contribution is 7.15. The molecular weight excluding hydrogens is 356 g/mol. The van der Waals surface area contributed by atoms with Crippen molar-refractivity contribution in [2.24, 2.45) is 0 Å². The summed E-state index contributed by atoms with van der Waals surface area (Å²) in [4.78, 5) is 7.53. The van der Waals surface area contributed by atoms with Crippen LogP contribution >= 0.6 is 11.3 Å². The number of aromatic nitrogens is 4. The zero-order chi connectivity index (χ0) is 18.2. The molecule has 0 N–H and O–H groups in total. The van der Waals surface area contributed by atoms with Gasteiger partial charge in [0.05, 0.1) is 24.5 Å². The van der Waals surface area contributed by atoms with Crippen molar-refractivity contribution in [2.45, 2.75) is 57.6 Å². The van der Waals surface area contributed by atoms with Crippen molar-refractivity contribution in [1.82, 2.24) is 20.0 Å². The predicted octanol–water partition coefficient (Wildman–Crippen LogP) is 4.82. The lowest BCUT2D eigenvalue weighted by atomic mass is 10.1. The molecule has 6 heteroatoms. The van der Waals surface area contributed by atoms with Crippen LogP contribution in [-0.4, -0.2) is 32.7 Å². The maximum absolute atomic E-state index is 5.81. The molecule has 0 spiro atoms. The molecule has 1 aliphatic heterocycles. The number of rotatable bonds is 5. The van der Waals surface area contributed by atoms with Gasteiger partial charge in [-0.25, -0.2) is 4.68 Å². The Labute approximate surface area is 163 Å². The van der Waals surface area contributed by atoms with E-state index in [1.165, 1.54) is 41.0 Å². The number of nitrogens with zero attached hydrogens (tertiary/aromatic N) is 4. The Bertz CT molecular complexity index is 937. The molecule has 5 rings (SSSR count). The van der Waals surface area contributed by atoms with E-state index in [-0.39, 0.29) is 6.10 Å². The third-order valence-electron chi connectivity index (χ3n) is 5.42. The van der Waals surface area contributed by atoms with Gasteiger partial charge in [-0.2, -0.15) is 0 Å². The molecule has 2 fully saturated rings. The first-order valence-electron chi connectivity index (χ1n) is 9.85. The first-order chi connectivity index (χ1) is 13.3. The van der Waals surface area contributed by atoms with Gasteiger partial charge in [-0.3, -0.25) is 4.98 Å². The van der Waals surface area contributed by atoms with E-state index >= 15 is 0 Å². The average molecular weight is 381 g/mol. The minimum absolute atomic E-state index is 0.254. The molecule has 0 radical (unpaired) electrons. The second-order valence-corrected chi connectivity index (χ2v) is 8.80. The average Bonchev–Trinajstić information content (AvgIpc) is 3.24. The summed E-state index contributed by atoms with van der Waals surface area (Å²) in [5.74, 6) is 0.806. The van der Waals surface area contributed by atoms with Crippen LogP contribution in [0.2, 0.25) is 0 Å². The minimum Gasteiger partial charge on any atom is -0.376 e. The molecule has 140 valence electrons. The molecular formula is C21H24N4OS. The van der Waals surface area contributed by atoms with Crippen molar-refractivity contribution >= 4 is 11.3 Å². The van der Waals surface area contributed by atoms with E-state index in [4.69, 9.17) is 9.72 Å². The van der Waals surface area contributed by atoms with Gasteiger partial charge in [0.15, 0.2) is 0 Å². The van der Waals surface area contributed by atoms with Crippen LogP contribution in [0.15, 0.2) is 30.6 Å². The van der Waals surface area contributed by atoms with Crippen LogP contribution in [-0.2, 0) is 11.3 Å². The maximum atomic E-state index is 5.81.